The maximum absolute atomic E-state index is 12.0. The van der Waals surface area contributed by atoms with Gasteiger partial charge in [0.05, 0.1) is 6.61 Å². The smallest absolute Gasteiger partial charge is 0.326 e. The lowest BCUT2D eigenvalue weighted by Crippen LogP contribution is -2.50. The van der Waals surface area contributed by atoms with Crippen LogP contribution in [-0.4, -0.2) is 30.3 Å². The Balaban J connectivity index is 2.80. The van der Waals surface area contributed by atoms with E-state index in [1.165, 1.54) is 0 Å². The molecule has 0 saturated carbocycles. The summed E-state index contributed by atoms with van der Waals surface area (Å²) in [4.78, 5) is 23.2. The zero-order valence-corrected chi connectivity index (χ0v) is 12.8. The van der Waals surface area contributed by atoms with Gasteiger partial charge in [-0.1, -0.05) is 39.0 Å². The topological polar surface area (TPSA) is 87.7 Å². The highest BCUT2D eigenvalue weighted by Gasteiger charge is 2.32. The van der Waals surface area contributed by atoms with Crippen molar-refractivity contribution in [2.45, 2.75) is 33.4 Å². The van der Waals surface area contributed by atoms with Gasteiger partial charge >= 0.3 is 12.0 Å². The van der Waals surface area contributed by atoms with Crippen LogP contribution in [0, 0.1) is 5.41 Å². The molecule has 1 unspecified atom stereocenters. The number of carbonyl (C=O) groups is 2. The van der Waals surface area contributed by atoms with Crippen molar-refractivity contribution in [3.63, 3.8) is 0 Å². The minimum Gasteiger partial charge on any atom is -0.480 e. The third kappa shape index (κ3) is 5.07. The van der Waals surface area contributed by atoms with Crippen LogP contribution < -0.4 is 10.6 Å². The Morgan fingerprint density at radius 3 is 2.43 bits per heavy atom. The first kappa shape index (κ1) is 17.0. The number of hydrogen-bond acceptors (Lipinski definition) is 3. The molecule has 0 aliphatic heterocycles. The summed E-state index contributed by atoms with van der Waals surface area (Å²) in [5, 5.41) is 14.3. The van der Waals surface area contributed by atoms with E-state index in [1.807, 2.05) is 12.1 Å². The number of methoxy groups -OCH3 is 1. The Hall–Kier alpha value is -2.08. The molecule has 1 rings (SSSR count). The highest BCUT2D eigenvalue weighted by Crippen LogP contribution is 2.20. The third-order valence-electron chi connectivity index (χ3n) is 2.95. The van der Waals surface area contributed by atoms with Crippen molar-refractivity contribution in [2.75, 3.05) is 12.4 Å². The van der Waals surface area contributed by atoms with Crippen LogP contribution in [0.1, 0.15) is 26.3 Å². The molecule has 0 aliphatic carbocycles. The zero-order valence-electron chi connectivity index (χ0n) is 12.8. The molecule has 116 valence electrons. The zero-order chi connectivity index (χ0) is 16.0. The van der Waals surface area contributed by atoms with Gasteiger partial charge in [-0.25, -0.2) is 9.59 Å². The molecule has 2 amide bonds. The fraction of sp³-hybridized carbons (Fsp3) is 0.467. The van der Waals surface area contributed by atoms with Crippen molar-refractivity contribution in [2.24, 2.45) is 5.41 Å². The van der Waals surface area contributed by atoms with Crippen LogP contribution in [0.2, 0.25) is 0 Å². The van der Waals surface area contributed by atoms with Crippen LogP contribution >= 0.6 is 0 Å². The molecule has 0 bridgehead atoms. The molecule has 0 radical (unpaired) electrons. The van der Waals surface area contributed by atoms with Gasteiger partial charge < -0.3 is 20.5 Å². The van der Waals surface area contributed by atoms with Gasteiger partial charge in [-0.15, -0.1) is 0 Å². The van der Waals surface area contributed by atoms with E-state index in [-0.39, 0.29) is 0 Å². The van der Waals surface area contributed by atoms with Crippen molar-refractivity contribution in [1.29, 1.82) is 0 Å². The predicted octanol–water partition coefficient (Wildman–Crippen LogP) is 2.45. The minimum atomic E-state index is -1.07. The molecule has 6 nitrogen and oxygen atoms in total. The molecule has 0 saturated heterocycles. The van der Waals surface area contributed by atoms with Crippen LogP contribution in [0.5, 0.6) is 0 Å². The number of carbonyl (C=O) groups excluding carboxylic acids is 1. The molecule has 6 heteroatoms. The SMILES string of the molecule is COCc1ccccc1NC(=O)NC(C(=O)O)C(C)(C)C. The first-order chi connectivity index (χ1) is 9.75. The number of aliphatic carboxylic acids is 1. The molecule has 0 aromatic heterocycles. The monoisotopic (exact) mass is 294 g/mol. The second kappa shape index (κ2) is 7.08. The molecule has 0 spiro atoms. The molecular weight excluding hydrogens is 272 g/mol. The number of benzene rings is 1. The number of para-hydroxylation sites is 1. The number of urea groups is 1. The average molecular weight is 294 g/mol. The summed E-state index contributed by atoms with van der Waals surface area (Å²) in [6.45, 7) is 5.62. The lowest BCUT2D eigenvalue weighted by Gasteiger charge is -2.27. The standard InChI is InChI=1S/C15H22N2O4/c1-15(2,3)12(13(18)19)17-14(20)16-11-8-6-5-7-10(11)9-21-4/h5-8,12H,9H2,1-4H3,(H,18,19)(H2,16,17,20). The van der Waals surface area contributed by atoms with Gasteiger partial charge in [0.15, 0.2) is 0 Å². The summed E-state index contributed by atoms with van der Waals surface area (Å²) < 4.78 is 5.06. The van der Waals surface area contributed by atoms with E-state index in [0.717, 1.165) is 5.56 Å². The largest absolute Gasteiger partial charge is 0.480 e. The summed E-state index contributed by atoms with van der Waals surface area (Å²) in [5.41, 5.74) is 0.822. The van der Waals surface area contributed by atoms with Crippen LogP contribution in [0.15, 0.2) is 24.3 Å². The van der Waals surface area contributed by atoms with Crippen LogP contribution in [0.3, 0.4) is 0 Å². The van der Waals surface area contributed by atoms with Gasteiger partial charge in [0, 0.05) is 18.4 Å². The van der Waals surface area contributed by atoms with Gasteiger partial charge in [0.2, 0.25) is 0 Å². The molecule has 1 aromatic carbocycles. The third-order valence-corrected chi connectivity index (χ3v) is 2.95. The molecule has 0 fully saturated rings. The van der Waals surface area contributed by atoms with E-state index < -0.39 is 23.5 Å². The second-order valence-electron chi connectivity index (χ2n) is 5.83. The Labute approximate surface area is 124 Å². The highest BCUT2D eigenvalue weighted by atomic mass is 16.5. The maximum Gasteiger partial charge on any atom is 0.326 e. The Bertz CT molecular complexity index is 509. The number of rotatable bonds is 5. The van der Waals surface area contributed by atoms with E-state index in [9.17, 15) is 14.7 Å². The van der Waals surface area contributed by atoms with Gasteiger partial charge in [0.25, 0.3) is 0 Å². The first-order valence-corrected chi connectivity index (χ1v) is 6.63. The number of ether oxygens (including phenoxy) is 1. The number of anilines is 1. The summed E-state index contributed by atoms with van der Waals surface area (Å²) in [6.07, 6.45) is 0. The number of carboxylic acids is 1. The molecular formula is C15H22N2O4. The molecule has 0 aliphatic rings. The van der Waals surface area contributed by atoms with Crippen LogP contribution in [0.25, 0.3) is 0 Å². The predicted molar refractivity (Wildman–Crippen MR) is 80.2 cm³/mol. The summed E-state index contributed by atoms with van der Waals surface area (Å²) in [7, 11) is 1.57. The minimum absolute atomic E-state index is 0.359. The van der Waals surface area contributed by atoms with E-state index in [1.54, 1.807) is 40.0 Å². The lowest BCUT2D eigenvalue weighted by atomic mass is 9.87. The average Bonchev–Trinajstić information content (AvgIpc) is 2.37. The summed E-state index contributed by atoms with van der Waals surface area (Å²) >= 11 is 0. The number of hydrogen-bond donors (Lipinski definition) is 3. The van der Waals surface area contributed by atoms with E-state index in [2.05, 4.69) is 10.6 Å². The van der Waals surface area contributed by atoms with Crippen molar-refractivity contribution in [1.82, 2.24) is 5.32 Å². The Morgan fingerprint density at radius 2 is 1.90 bits per heavy atom. The van der Waals surface area contributed by atoms with Gasteiger partial charge in [-0.2, -0.15) is 0 Å². The van der Waals surface area contributed by atoms with Gasteiger partial charge in [-0.3, -0.25) is 0 Å². The van der Waals surface area contributed by atoms with Gasteiger partial charge in [0.1, 0.15) is 6.04 Å². The second-order valence-corrected chi connectivity index (χ2v) is 5.83. The highest BCUT2D eigenvalue weighted by molar-refractivity contribution is 5.93. The Kier molecular flexibility index (Phi) is 5.72. The van der Waals surface area contributed by atoms with E-state index in [0.29, 0.717) is 12.3 Å². The summed E-state index contributed by atoms with van der Waals surface area (Å²) in [6, 6.07) is 5.66. The maximum atomic E-state index is 12.0. The normalized spacial score (nSPS) is 12.6. The van der Waals surface area contributed by atoms with Crippen LogP contribution in [-0.2, 0) is 16.1 Å². The number of carboxylic acid groups (broad SMARTS) is 1. The quantitative estimate of drug-likeness (QED) is 0.778. The van der Waals surface area contributed by atoms with Crippen molar-refractivity contribution >= 4 is 17.7 Å². The molecule has 1 aromatic rings. The number of nitrogens with one attached hydrogen (secondary N) is 2. The van der Waals surface area contributed by atoms with Crippen molar-refractivity contribution in [3.05, 3.63) is 29.8 Å². The molecule has 1 atom stereocenters. The van der Waals surface area contributed by atoms with Crippen molar-refractivity contribution < 1.29 is 19.4 Å². The van der Waals surface area contributed by atoms with Gasteiger partial charge in [-0.05, 0) is 11.5 Å². The summed E-state index contributed by atoms with van der Waals surface area (Å²) in [5.74, 6) is -1.07. The molecule has 21 heavy (non-hydrogen) atoms. The van der Waals surface area contributed by atoms with E-state index in [4.69, 9.17) is 4.74 Å². The first-order valence-electron chi connectivity index (χ1n) is 6.63. The van der Waals surface area contributed by atoms with Crippen molar-refractivity contribution in [3.8, 4) is 0 Å². The molecule has 3 N–H and O–H groups in total. The Morgan fingerprint density at radius 1 is 1.29 bits per heavy atom. The fourth-order valence-electron chi connectivity index (χ4n) is 1.86. The lowest BCUT2D eigenvalue weighted by molar-refractivity contribution is -0.141. The molecule has 0 heterocycles. The fourth-order valence-corrected chi connectivity index (χ4v) is 1.86. The van der Waals surface area contributed by atoms with Crippen LogP contribution in [0.4, 0.5) is 10.5 Å². The number of amides is 2. The van der Waals surface area contributed by atoms with E-state index >= 15 is 0 Å².